The summed E-state index contributed by atoms with van der Waals surface area (Å²) in [5.74, 6) is 3.05. The van der Waals surface area contributed by atoms with E-state index in [0.29, 0.717) is 30.2 Å². The monoisotopic (exact) mass is 732 g/mol. The van der Waals surface area contributed by atoms with Gasteiger partial charge in [-0.2, -0.15) is 0 Å². The Morgan fingerprint density at radius 2 is 1.50 bits per heavy atom. The van der Waals surface area contributed by atoms with Crippen LogP contribution in [0.25, 0.3) is 0 Å². The van der Waals surface area contributed by atoms with Crippen molar-refractivity contribution in [2.24, 2.45) is 11.8 Å². The number of benzene rings is 3. The molecule has 1 N–H and O–H groups in total. The molecule has 2 aliphatic heterocycles. The third-order valence-corrected chi connectivity index (χ3v) is 14.1. The first-order valence-electron chi connectivity index (χ1n) is 21.7. The van der Waals surface area contributed by atoms with E-state index in [1.54, 1.807) is 7.11 Å². The van der Waals surface area contributed by atoms with Gasteiger partial charge in [-0.15, -0.1) is 0 Å². The Bertz CT molecular complexity index is 1680. The summed E-state index contributed by atoms with van der Waals surface area (Å²) in [4.78, 5) is 19.5. The summed E-state index contributed by atoms with van der Waals surface area (Å²) in [6, 6.07) is 26.6. The number of nitrogens with zero attached hydrogens (tertiary/aromatic N) is 2. The molecule has 7 atom stereocenters. The minimum Gasteiger partial charge on any atom is -0.493 e. The Kier molecular flexibility index (Phi) is 12.0. The number of ether oxygens (including phenoxy) is 2. The molecule has 8 rings (SSSR count). The summed E-state index contributed by atoms with van der Waals surface area (Å²) in [5, 5.41) is 10.3. The zero-order chi connectivity index (χ0) is 36.9. The van der Waals surface area contributed by atoms with E-state index < -0.39 is 0 Å². The van der Waals surface area contributed by atoms with Gasteiger partial charge in [-0.25, -0.2) is 0 Å². The van der Waals surface area contributed by atoms with Gasteiger partial charge in [-0.1, -0.05) is 105 Å². The predicted molar refractivity (Wildman–Crippen MR) is 216 cm³/mol. The number of unbranched alkanes of at least 4 members (excludes halogenated alkanes) is 8. The number of piperidine rings is 1. The van der Waals surface area contributed by atoms with E-state index in [-0.39, 0.29) is 23.7 Å². The van der Waals surface area contributed by atoms with E-state index in [1.165, 1.54) is 67.2 Å². The molecule has 0 aromatic heterocycles. The Balaban J connectivity index is 0.924. The zero-order valence-corrected chi connectivity index (χ0v) is 32.8. The number of amides is 1. The van der Waals surface area contributed by atoms with Crippen molar-refractivity contribution in [1.82, 2.24) is 9.80 Å². The summed E-state index contributed by atoms with van der Waals surface area (Å²) in [5.41, 5.74) is 5.55. The van der Waals surface area contributed by atoms with E-state index in [4.69, 9.17) is 9.47 Å². The normalized spacial score (nSPS) is 27.6. The zero-order valence-electron chi connectivity index (χ0n) is 32.8. The van der Waals surface area contributed by atoms with E-state index in [9.17, 15) is 9.90 Å². The molecular formula is C48H64N2O4. The lowest BCUT2D eigenvalue weighted by molar-refractivity contribution is -0.143. The number of rotatable bonds is 20. The van der Waals surface area contributed by atoms with Crippen LogP contribution in [0.1, 0.15) is 119 Å². The van der Waals surface area contributed by atoms with Gasteiger partial charge >= 0.3 is 0 Å². The number of carbonyl (C=O) groups excluding carboxylic acids is 1. The van der Waals surface area contributed by atoms with E-state index in [0.717, 1.165) is 95.3 Å². The highest BCUT2D eigenvalue weighted by molar-refractivity contribution is 5.77. The smallest absolute Gasteiger partial charge is 0.222 e. The minimum atomic E-state index is -0.123. The third-order valence-electron chi connectivity index (χ3n) is 14.1. The topological polar surface area (TPSA) is 62.2 Å². The van der Waals surface area contributed by atoms with Crippen molar-refractivity contribution in [3.05, 3.63) is 95.1 Å². The molecule has 6 heteroatoms. The standard InChI is InChI=1S/C48H64N2O4/c1-53-43-28-25-37-32-41-39-26-27-40(47-48(39,45(37)46(43)54-47)29-31-49(41)34-38-33-42(38)51)50(30-17-16-23-36-21-13-9-14-22-36)44(52)24-15-7-5-3-2-4-6-10-18-35-19-11-8-12-20-35/h8-9,11-14,19-22,25,28,38-42,47,51H,2-7,10,15-18,23-24,26-27,29-34H2,1H3/t38?,39-,40-,41+,42?,47-,48-/m0/s1. The number of likely N-dealkylation sites (tertiary alicyclic amines) is 1. The quantitative estimate of drug-likeness (QED) is 0.118. The summed E-state index contributed by atoms with van der Waals surface area (Å²) in [6.07, 6.45) is 19.7. The lowest BCUT2D eigenvalue weighted by Crippen LogP contribution is -2.69. The van der Waals surface area contributed by atoms with Gasteiger partial charge in [0.25, 0.3) is 0 Å². The maximum Gasteiger partial charge on any atom is 0.222 e. The second-order valence-corrected chi connectivity index (χ2v) is 17.4. The highest BCUT2D eigenvalue weighted by atomic mass is 16.5. The Hall–Kier alpha value is -3.35. The summed E-state index contributed by atoms with van der Waals surface area (Å²) < 4.78 is 13.2. The minimum absolute atomic E-state index is 0.0438. The van der Waals surface area contributed by atoms with Crippen molar-refractivity contribution >= 4 is 5.91 Å². The number of methoxy groups -OCH3 is 1. The average Bonchev–Trinajstić information content (AvgIpc) is 3.78. The molecule has 5 aliphatic rings. The second kappa shape index (κ2) is 17.2. The summed E-state index contributed by atoms with van der Waals surface area (Å²) in [6.45, 7) is 2.84. The van der Waals surface area contributed by atoms with Crippen molar-refractivity contribution in [1.29, 1.82) is 0 Å². The molecule has 0 radical (unpaired) electrons. The lowest BCUT2D eigenvalue weighted by Gasteiger charge is -2.60. The van der Waals surface area contributed by atoms with Crippen LogP contribution in [0.2, 0.25) is 0 Å². The summed E-state index contributed by atoms with van der Waals surface area (Å²) in [7, 11) is 1.76. The molecule has 2 unspecified atom stereocenters. The van der Waals surface area contributed by atoms with Crippen LogP contribution >= 0.6 is 0 Å². The molecule has 3 fully saturated rings. The van der Waals surface area contributed by atoms with Gasteiger partial charge in [0.15, 0.2) is 11.5 Å². The first-order valence-corrected chi connectivity index (χ1v) is 21.7. The average molecular weight is 733 g/mol. The first kappa shape index (κ1) is 37.6. The van der Waals surface area contributed by atoms with Gasteiger partial charge in [0.05, 0.1) is 19.3 Å². The van der Waals surface area contributed by atoms with Gasteiger partial charge in [0.1, 0.15) is 6.10 Å². The number of aliphatic hydroxyl groups excluding tert-OH is 1. The highest BCUT2D eigenvalue weighted by Crippen LogP contribution is 2.64. The maximum absolute atomic E-state index is 14.5. The van der Waals surface area contributed by atoms with Gasteiger partial charge in [-0.3, -0.25) is 9.69 Å². The molecule has 3 aromatic carbocycles. The molecule has 1 spiro atoms. The molecule has 1 amide bonds. The number of hydrogen-bond acceptors (Lipinski definition) is 5. The van der Waals surface area contributed by atoms with Crippen LogP contribution in [-0.4, -0.2) is 71.8 Å². The van der Waals surface area contributed by atoms with Crippen molar-refractivity contribution in [3.63, 3.8) is 0 Å². The van der Waals surface area contributed by atoms with Gasteiger partial charge < -0.3 is 19.5 Å². The first-order chi connectivity index (χ1) is 26.6. The fourth-order valence-electron chi connectivity index (χ4n) is 11.2. The Labute approximate surface area is 324 Å². The SMILES string of the molecule is COc1ccc2c3c1O[C@H]1[C@@H](N(CCCCc4ccccc4)C(=O)CCCCCCCCCCc4ccccc4)CC[C@H]4[C@@H](C2)N(CC2CC2O)CC[C@@]341. The highest BCUT2D eigenvalue weighted by Gasteiger charge is 2.67. The van der Waals surface area contributed by atoms with Gasteiger partial charge in [0, 0.05) is 42.4 Å². The number of aryl methyl sites for hydroxylation is 2. The fraction of sp³-hybridized carbons (Fsp3) is 0.604. The van der Waals surface area contributed by atoms with Gasteiger partial charge in [-0.05, 0) is 106 Å². The van der Waals surface area contributed by atoms with Crippen LogP contribution in [0.5, 0.6) is 11.5 Å². The van der Waals surface area contributed by atoms with Crippen LogP contribution in [0, 0.1) is 11.8 Å². The van der Waals surface area contributed by atoms with E-state index in [1.807, 2.05) is 0 Å². The third kappa shape index (κ3) is 7.85. The predicted octanol–water partition coefficient (Wildman–Crippen LogP) is 9.09. The van der Waals surface area contributed by atoms with Crippen molar-refractivity contribution in [3.8, 4) is 11.5 Å². The number of hydrogen-bond donors (Lipinski definition) is 1. The molecule has 290 valence electrons. The maximum atomic E-state index is 14.5. The van der Waals surface area contributed by atoms with Crippen LogP contribution in [0.3, 0.4) is 0 Å². The Morgan fingerprint density at radius 1 is 0.852 bits per heavy atom. The molecule has 3 aromatic rings. The number of aliphatic hydroxyl groups is 1. The van der Waals surface area contributed by atoms with E-state index in [2.05, 4.69) is 82.6 Å². The second-order valence-electron chi connectivity index (χ2n) is 17.4. The Morgan fingerprint density at radius 3 is 2.17 bits per heavy atom. The molecule has 3 aliphatic carbocycles. The molecule has 2 saturated carbocycles. The van der Waals surface area contributed by atoms with Crippen LogP contribution in [0.15, 0.2) is 72.8 Å². The van der Waals surface area contributed by atoms with Crippen molar-refractivity contribution < 1.29 is 19.4 Å². The van der Waals surface area contributed by atoms with Crippen molar-refractivity contribution in [2.45, 2.75) is 145 Å². The molecular weight excluding hydrogens is 669 g/mol. The molecule has 2 heterocycles. The van der Waals surface area contributed by atoms with Crippen molar-refractivity contribution in [2.75, 3.05) is 26.7 Å². The number of carbonyl (C=O) groups is 1. The van der Waals surface area contributed by atoms with Gasteiger partial charge in [0.2, 0.25) is 5.91 Å². The molecule has 1 saturated heterocycles. The van der Waals surface area contributed by atoms with Crippen LogP contribution < -0.4 is 9.47 Å². The molecule has 6 nitrogen and oxygen atoms in total. The van der Waals surface area contributed by atoms with Crippen LogP contribution in [-0.2, 0) is 29.5 Å². The lowest BCUT2D eigenvalue weighted by atomic mass is 9.51. The fourth-order valence-corrected chi connectivity index (χ4v) is 11.2. The molecule has 54 heavy (non-hydrogen) atoms. The van der Waals surface area contributed by atoms with E-state index >= 15 is 0 Å². The largest absolute Gasteiger partial charge is 0.493 e. The molecule has 2 bridgehead atoms. The summed E-state index contributed by atoms with van der Waals surface area (Å²) >= 11 is 0. The van der Waals surface area contributed by atoms with Crippen LogP contribution in [0.4, 0.5) is 0 Å².